The Labute approximate surface area is 204 Å². The van der Waals surface area contributed by atoms with Gasteiger partial charge < -0.3 is 9.62 Å². The van der Waals surface area contributed by atoms with Crippen LogP contribution < -0.4 is 9.62 Å². The van der Waals surface area contributed by atoms with Gasteiger partial charge in [-0.15, -0.1) is 0 Å². The maximum Gasteiger partial charge on any atom is 0.255 e. The van der Waals surface area contributed by atoms with E-state index in [0.717, 1.165) is 35.2 Å². The third-order valence-corrected chi connectivity index (χ3v) is 6.88. The smallest absolute Gasteiger partial charge is 0.255 e. The van der Waals surface area contributed by atoms with Gasteiger partial charge in [0.2, 0.25) is 0 Å². The van der Waals surface area contributed by atoms with Gasteiger partial charge in [0.05, 0.1) is 16.4 Å². The van der Waals surface area contributed by atoms with Gasteiger partial charge in [0, 0.05) is 50.6 Å². The van der Waals surface area contributed by atoms with E-state index < -0.39 is 5.82 Å². The van der Waals surface area contributed by atoms with Crippen LogP contribution >= 0.6 is 23.5 Å². The molecule has 9 heteroatoms. The van der Waals surface area contributed by atoms with Gasteiger partial charge in [0.1, 0.15) is 5.82 Å². The van der Waals surface area contributed by atoms with Crippen LogP contribution in [0.5, 0.6) is 0 Å². The Morgan fingerprint density at radius 1 is 1.06 bits per heavy atom. The zero-order chi connectivity index (χ0) is 24.1. The number of nitrogens with one attached hydrogen (secondary N) is 1. The lowest BCUT2D eigenvalue weighted by molar-refractivity contribution is 0.102. The van der Waals surface area contributed by atoms with E-state index in [4.69, 9.17) is 21.5 Å². The van der Waals surface area contributed by atoms with Crippen molar-refractivity contribution in [3.8, 4) is 11.3 Å². The number of aromatic nitrogens is 1. The first-order valence-electron chi connectivity index (χ1n) is 10.4. The predicted octanol–water partition coefficient (Wildman–Crippen LogP) is 6.87. The van der Waals surface area contributed by atoms with E-state index in [-0.39, 0.29) is 11.5 Å². The molecule has 1 N–H and O–H groups in total. The molecule has 2 heterocycles. The first-order valence-corrected chi connectivity index (χ1v) is 11.7. The first kappa shape index (κ1) is 23.7. The molecule has 0 bridgehead atoms. The lowest BCUT2D eigenvalue weighted by atomic mass is 10.0. The zero-order valence-corrected chi connectivity index (χ0v) is 19.4. The molecule has 0 radical (unpaired) electrons. The highest BCUT2D eigenvalue weighted by Crippen LogP contribution is 2.34. The zero-order valence-electron chi connectivity index (χ0n) is 17.8. The highest BCUT2D eigenvalue weighted by molar-refractivity contribution is 8.00. The molecule has 3 aromatic carbocycles. The molecule has 0 saturated carbocycles. The van der Waals surface area contributed by atoms with E-state index in [0.29, 0.717) is 22.0 Å². The molecule has 6 nitrogen and oxygen atoms in total. The van der Waals surface area contributed by atoms with Gasteiger partial charge in [0.15, 0.2) is 0 Å². The Hall–Kier alpha value is -3.49. The van der Waals surface area contributed by atoms with Crippen molar-refractivity contribution in [1.29, 1.82) is 0 Å². The standard InChI is InChI=1S/C25H19ClFN3OS.O2/c26-21-8-7-18(15-20(21)24-19-5-2-1-4-16(19)10-11-28-24)29-25(31)17-6-9-23(22(27)14-17)30-12-3-13-32-30;1-2/h1-2,4-11,14-15H,3,12-13H2,(H,29,31);. The third kappa shape index (κ3) is 4.88. The van der Waals surface area contributed by atoms with Crippen LogP contribution in [0.25, 0.3) is 22.0 Å². The second kappa shape index (κ2) is 10.6. The molecule has 1 amide bonds. The minimum atomic E-state index is -0.399. The van der Waals surface area contributed by atoms with Crippen molar-refractivity contribution in [1.82, 2.24) is 4.98 Å². The van der Waals surface area contributed by atoms with Gasteiger partial charge in [-0.3, -0.25) is 9.78 Å². The second-order valence-corrected chi connectivity index (χ2v) is 9.00. The van der Waals surface area contributed by atoms with E-state index in [1.165, 1.54) is 6.07 Å². The molecule has 0 spiro atoms. The number of hydrogen-bond acceptors (Lipinski definition) is 6. The van der Waals surface area contributed by atoms with Crippen molar-refractivity contribution < 1.29 is 9.18 Å². The summed E-state index contributed by atoms with van der Waals surface area (Å²) in [6.07, 6.45) is 2.76. The lowest BCUT2D eigenvalue weighted by Crippen LogP contribution is -2.14. The van der Waals surface area contributed by atoms with Gasteiger partial charge >= 0.3 is 0 Å². The minimum absolute atomic E-state index is 0.259. The molecule has 1 saturated heterocycles. The molecular weight excluding hydrogens is 477 g/mol. The van der Waals surface area contributed by atoms with Crippen LogP contribution in [-0.4, -0.2) is 23.2 Å². The van der Waals surface area contributed by atoms with Crippen molar-refractivity contribution in [2.24, 2.45) is 0 Å². The van der Waals surface area contributed by atoms with E-state index in [1.54, 1.807) is 48.5 Å². The number of amides is 1. The molecule has 0 unspecified atom stereocenters. The summed E-state index contributed by atoms with van der Waals surface area (Å²) in [7, 11) is 0. The molecule has 1 fully saturated rings. The van der Waals surface area contributed by atoms with Crippen LogP contribution in [0.3, 0.4) is 0 Å². The van der Waals surface area contributed by atoms with Gasteiger partial charge in [-0.2, -0.15) is 0 Å². The number of carbonyl (C=O) groups excluding carboxylic acids is 1. The van der Waals surface area contributed by atoms with Gasteiger partial charge in [0.25, 0.3) is 5.91 Å². The SMILES string of the molecule is O=C(Nc1ccc(Cl)c(-c2nccc3ccccc23)c1)c1ccc(N2CCCS2)c(F)c1.O=O. The van der Waals surface area contributed by atoms with E-state index in [1.807, 2.05) is 34.6 Å². The van der Waals surface area contributed by atoms with Crippen molar-refractivity contribution in [3.63, 3.8) is 0 Å². The van der Waals surface area contributed by atoms with Crippen LogP contribution in [-0.2, 0) is 0 Å². The topological polar surface area (TPSA) is 79.4 Å². The second-order valence-electron chi connectivity index (χ2n) is 7.48. The number of benzene rings is 3. The Morgan fingerprint density at radius 2 is 1.88 bits per heavy atom. The predicted molar refractivity (Wildman–Crippen MR) is 138 cm³/mol. The van der Waals surface area contributed by atoms with Gasteiger partial charge in [-0.25, -0.2) is 4.39 Å². The molecule has 172 valence electrons. The summed E-state index contributed by atoms with van der Waals surface area (Å²) in [5.74, 6) is 0.194. The molecule has 5 rings (SSSR count). The van der Waals surface area contributed by atoms with Crippen LogP contribution in [0.1, 0.15) is 16.8 Å². The van der Waals surface area contributed by atoms with Crippen LogP contribution in [0.2, 0.25) is 5.02 Å². The summed E-state index contributed by atoms with van der Waals surface area (Å²) in [5, 5.41) is 5.40. The average Bonchev–Trinajstić information content (AvgIpc) is 3.41. The van der Waals surface area contributed by atoms with Gasteiger partial charge in [-0.1, -0.05) is 35.9 Å². The highest BCUT2D eigenvalue weighted by atomic mass is 35.5. The molecule has 1 aliphatic rings. The summed E-state index contributed by atoms with van der Waals surface area (Å²) in [5.41, 5.74) is 2.79. The van der Waals surface area contributed by atoms with Crippen LogP contribution in [0, 0.1) is 15.7 Å². The summed E-state index contributed by atoms with van der Waals surface area (Å²) in [6.45, 7) is 0.808. The number of rotatable bonds is 4. The average molecular weight is 496 g/mol. The van der Waals surface area contributed by atoms with Gasteiger partial charge in [-0.05, 0) is 66.2 Å². The Balaban J connectivity index is 0.00000133. The van der Waals surface area contributed by atoms with Crippen molar-refractivity contribution in [2.45, 2.75) is 6.42 Å². The number of pyridine rings is 1. The Bertz CT molecular complexity index is 1340. The van der Waals surface area contributed by atoms with Crippen molar-refractivity contribution >= 4 is 51.6 Å². The highest BCUT2D eigenvalue weighted by Gasteiger charge is 2.19. The van der Waals surface area contributed by atoms with E-state index in [9.17, 15) is 9.18 Å². The number of nitrogens with zero attached hydrogens (tertiary/aromatic N) is 2. The summed E-state index contributed by atoms with van der Waals surface area (Å²) in [4.78, 5) is 31.3. The number of halogens is 2. The van der Waals surface area contributed by atoms with Crippen molar-refractivity contribution in [3.05, 3.63) is 99.3 Å². The van der Waals surface area contributed by atoms with E-state index in [2.05, 4.69) is 10.3 Å². The largest absolute Gasteiger partial charge is 0.322 e. The fraction of sp³-hybridized carbons (Fsp3) is 0.120. The Kier molecular flexibility index (Phi) is 7.40. The normalized spacial score (nSPS) is 12.8. The first-order chi connectivity index (χ1) is 16.6. The maximum atomic E-state index is 14.6. The molecule has 34 heavy (non-hydrogen) atoms. The molecule has 1 aliphatic heterocycles. The molecule has 4 aromatic rings. The number of anilines is 2. The number of fused-ring (bicyclic) bond motifs is 1. The number of hydrogen-bond donors (Lipinski definition) is 1. The fourth-order valence-corrected chi connectivity index (χ4v) is 5.04. The maximum absolute atomic E-state index is 14.6. The molecular formula is C25H19ClFN3O3S. The van der Waals surface area contributed by atoms with Crippen molar-refractivity contribution in [2.75, 3.05) is 21.9 Å². The fourth-order valence-electron chi connectivity index (χ4n) is 3.81. The van der Waals surface area contributed by atoms with Crippen LogP contribution in [0.4, 0.5) is 15.8 Å². The molecule has 0 atom stereocenters. The summed E-state index contributed by atoms with van der Waals surface area (Å²) in [6, 6.07) is 19.7. The summed E-state index contributed by atoms with van der Waals surface area (Å²) < 4.78 is 16.6. The summed E-state index contributed by atoms with van der Waals surface area (Å²) >= 11 is 8.08. The van der Waals surface area contributed by atoms with Crippen LogP contribution in [0.15, 0.2) is 72.9 Å². The monoisotopic (exact) mass is 495 g/mol. The van der Waals surface area contributed by atoms with E-state index >= 15 is 0 Å². The molecule has 1 aromatic heterocycles. The quantitative estimate of drug-likeness (QED) is 0.311. The number of carbonyl (C=O) groups is 1. The Morgan fingerprint density at radius 3 is 2.65 bits per heavy atom. The minimum Gasteiger partial charge on any atom is -0.322 e. The third-order valence-electron chi connectivity index (χ3n) is 5.38. The molecule has 0 aliphatic carbocycles. The lowest BCUT2D eigenvalue weighted by Gasteiger charge is -2.17.